The van der Waals surface area contributed by atoms with Crippen LogP contribution in [-0.2, 0) is 6.42 Å². The van der Waals surface area contributed by atoms with Gasteiger partial charge in [-0.05, 0) is 30.2 Å². The number of hydrogen-bond acceptors (Lipinski definition) is 2. The molecule has 0 aromatic heterocycles. The van der Waals surface area contributed by atoms with Crippen molar-refractivity contribution in [1.29, 1.82) is 0 Å². The highest BCUT2D eigenvalue weighted by Crippen LogP contribution is 2.12. The number of nitrogen functional groups attached to an aromatic ring is 1. The zero-order chi connectivity index (χ0) is 8.97. The fourth-order valence-corrected chi connectivity index (χ4v) is 1.07. The van der Waals surface area contributed by atoms with Gasteiger partial charge in [-0.3, -0.25) is 4.79 Å². The monoisotopic (exact) mass is 161 g/mol. The largest absolute Gasteiger partial charge is 0.399 e. The number of anilines is 1. The Morgan fingerprint density at radius 2 is 2.25 bits per heavy atom. The molecule has 0 spiro atoms. The second kappa shape index (κ2) is 3.72. The van der Waals surface area contributed by atoms with Gasteiger partial charge >= 0.3 is 0 Å². The molecule has 62 valence electrons. The highest BCUT2D eigenvalue weighted by atomic mass is 16.1. The van der Waals surface area contributed by atoms with E-state index in [0.717, 1.165) is 11.8 Å². The molecule has 2 N–H and O–H groups in total. The van der Waals surface area contributed by atoms with Crippen LogP contribution in [0.5, 0.6) is 0 Å². The summed E-state index contributed by atoms with van der Waals surface area (Å²) in [6.45, 7) is 3.60. The summed E-state index contributed by atoms with van der Waals surface area (Å²) >= 11 is 0. The second-order valence-corrected chi connectivity index (χ2v) is 2.57. The van der Waals surface area contributed by atoms with Crippen LogP contribution in [-0.4, -0.2) is 6.29 Å². The molecule has 0 aliphatic carbocycles. The molecule has 12 heavy (non-hydrogen) atoms. The van der Waals surface area contributed by atoms with Crippen molar-refractivity contribution in [3.8, 4) is 0 Å². The summed E-state index contributed by atoms with van der Waals surface area (Å²) in [7, 11) is 0. The number of aldehydes is 1. The quantitative estimate of drug-likeness (QED) is 0.417. The van der Waals surface area contributed by atoms with Crippen molar-refractivity contribution in [2.24, 2.45) is 0 Å². The third kappa shape index (κ3) is 1.72. The Hall–Kier alpha value is -1.57. The van der Waals surface area contributed by atoms with Crippen LogP contribution < -0.4 is 5.73 Å². The molecule has 0 bridgehead atoms. The molecule has 0 saturated carbocycles. The predicted molar refractivity (Wildman–Crippen MR) is 50.1 cm³/mol. The van der Waals surface area contributed by atoms with Crippen molar-refractivity contribution < 1.29 is 4.79 Å². The Morgan fingerprint density at radius 1 is 1.50 bits per heavy atom. The van der Waals surface area contributed by atoms with Gasteiger partial charge in [-0.15, -0.1) is 6.58 Å². The summed E-state index contributed by atoms with van der Waals surface area (Å²) in [5.41, 5.74) is 7.86. The lowest BCUT2D eigenvalue weighted by Gasteiger charge is -2.01. The molecule has 0 atom stereocenters. The van der Waals surface area contributed by atoms with E-state index in [1.807, 2.05) is 0 Å². The van der Waals surface area contributed by atoms with Crippen LogP contribution in [0, 0.1) is 0 Å². The molecule has 2 nitrogen and oxygen atoms in total. The predicted octanol–water partition coefficient (Wildman–Crippen LogP) is 1.81. The van der Waals surface area contributed by atoms with Gasteiger partial charge in [-0.1, -0.05) is 6.08 Å². The van der Waals surface area contributed by atoms with Gasteiger partial charge in [0.25, 0.3) is 0 Å². The van der Waals surface area contributed by atoms with Gasteiger partial charge in [0.05, 0.1) is 0 Å². The van der Waals surface area contributed by atoms with Gasteiger partial charge in [-0.2, -0.15) is 0 Å². The highest BCUT2D eigenvalue weighted by Gasteiger charge is 1.99. The summed E-state index contributed by atoms with van der Waals surface area (Å²) in [5.74, 6) is 0. The third-order valence-corrected chi connectivity index (χ3v) is 1.66. The summed E-state index contributed by atoms with van der Waals surface area (Å²) in [4.78, 5) is 10.5. The minimum absolute atomic E-state index is 0.678. The van der Waals surface area contributed by atoms with E-state index in [1.54, 1.807) is 24.3 Å². The van der Waals surface area contributed by atoms with Crippen molar-refractivity contribution in [1.82, 2.24) is 0 Å². The minimum Gasteiger partial charge on any atom is -0.399 e. The molecule has 2 heteroatoms. The molecule has 0 amide bonds. The lowest BCUT2D eigenvalue weighted by atomic mass is 10.0. The lowest BCUT2D eigenvalue weighted by molar-refractivity contribution is 0.112. The van der Waals surface area contributed by atoms with E-state index in [1.165, 1.54) is 0 Å². The Labute approximate surface area is 71.7 Å². The first-order valence-electron chi connectivity index (χ1n) is 3.72. The summed E-state index contributed by atoms with van der Waals surface area (Å²) in [6, 6.07) is 5.24. The molecule has 0 saturated heterocycles. The third-order valence-electron chi connectivity index (χ3n) is 1.66. The Bertz CT molecular complexity index is 305. The summed E-state index contributed by atoms with van der Waals surface area (Å²) in [6.07, 6.45) is 3.26. The average Bonchev–Trinajstić information content (AvgIpc) is 2.05. The van der Waals surface area contributed by atoms with E-state index in [9.17, 15) is 4.79 Å². The van der Waals surface area contributed by atoms with Gasteiger partial charge in [0, 0.05) is 11.3 Å². The summed E-state index contributed by atoms with van der Waals surface area (Å²) in [5, 5.41) is 0. The number of benzene rings is 1. The van der Waals surface area contributed by atoms with Crippen LogP contribution in [0.2, 0.25) is 0 Å². The van der Waals surface area contributed by atoms with Crippen LogP contribution in [0.25, 0.3) is 0 Å². The molecule has 1 aromatic rings. The van der Waals surface area contributed by atoms with Gasteiger partial charge in [0.15, 0.2) is 0 Å². The molecule has 0 aliphatic heterocycles. The molecule has 1 aromatic carbocycles. The summed E-state index contributed by atoms with van der Waals surface area (Å²) < 4.78 is 0. The lowest BCUT2D eigenvalue weighted by Crippen LogP contribution is -1.93. The fraction of sp³-hybridized carbons (Fsp3) is 0.100. The number of hydrogen-bond donors (Lipinski definition) is 1. The van der Waals surface area contributed by atoms with Crippen LogP contribution >= 0.6 is 0 Å². The zero-order valence-corrected chi connectivity index (χ0v) is 6.79. The SMILES string of the molecule is C=CCc1cc(N)ccc1C=O. The van der Waals surface area contributed by atoms with Crippen LogP contribution in [0.3, 0.4) is 0 Å². The van der Waals surface area contributed by atoms with Gasteiger partial charge < -0.3 is 5.73 Å². The number of rotatable bonds is 3. The van der Waals surface area contributed by atoms with Crippen molar-refractivity contribution in [2.75, 3.05) is 5.73 Å². The van der Waals surface area contributed by atoms with Crippen molar-refractivity contribution >= 4 is 12.0 Å². The molecule has 0 radical (unpaired) electrons. The number of nitrogens with two attached hydrogens (primary N) is 1. The van der Waals surface area contributed by atoms with Crippen LogP contribution in [0.4, 0.5) is 5.69 Å². The highest BCUT2D eigenvalue weighted by molar-refractivity contribution is 5.78. The molecule has 0 aliphatic rings. The van der Waals surface area contributed by atoms with E-state index in [-0.39, 0.29) is 0 Å². The van der Waals surface area contributed by atoms with Crippen molar-refractivity contribution in [3.05, 3.63) is 42.0 Å². The Kier molecular flexibility index (Phi) is 2.64. The Balaban J connectivity index is 3.11. The number of allylic oxidation sites excluding steroid dienone is 1. The Morgan fingerprint density at radius 3 is 2.83 bits per heavy atom. The van der Waals surface area contributed by atoms with Crippen molar-refractivity contribution in [2.45, 2.75) is 6.42 Å². The first-order chi connectivity index (χ1) is 5.77. The van der Waals surface area contributed by atoms with Crippen LogP contribution in [0.1, 0.15) is 15.9 Å². The van der Waals surface area contributed by atoms with E-state index < -0.39 is 0 Å². The maximum Gasteiger partial charge on any atom is 0.150 e. The number of carbonyl (C=O) groups is 1. The normalized spacial score (nSPS) is 9.33. The molecule has 0 fully saturated rings. The second-order valence-electron chi connectivity index (χ2n) is 2.57. The van der Waals surface area contributed by atoms with E-state index in [0.29, 0.717) is 17.7 Å². The molecule has 1 rings (SSSR count). The zero-order valence-electron chi connectivity index (χ0n) is 6.79. The van der Waals surface area contributed by atoms with Crippen molar-refractivity contribution in [3.63, 3.8) is 0 Å². The van der Waals surface area contributed by atoms with E-state index in [2.05, 4.69) is 6.58 Å². The van der Waals surface area contributed by atoms with Gasteiger partial charge in [-0.25, -0.2) is 0 Å². The maximum absolute atomic E-state index is 10.5. The van der Waals surface area contributed by atoms with Gasteiger partial charge in [0.1, 0.15) is 6.29 Å². The fourth-order valence-electron chi connectivity index (χ4n) is 1.07. The molecule has 0 heterocycles. The first kappa shape index (κ1) is 8.53. The molecular weight excluding hydrogens is 150 g/mol. The first-order valence-corrected chi connectivity index (χ1v) is 3.72. The van der Waals surface area contributed by atoms with E-state index in [4.69, 9.17) is 5.73 Å². The molecule has 0 unspecified atom stereocenters. The van der Waals surface area contributed by atoms with Gasteiger partial charge in [0.2, 0.25) is 0 Å². The minimum atomic E-state index is 0.678. The standard InChI is InChI=1S/C10H11NO/c1-2-3-8-6-10(11)5-4-9(8)7-12/h2,4-7H,1,3,11H2. The van der Waals surface area contributed by atoms with E-state index >= 15 is 0 Å². The topological polar surface area (TPSA) is 43.1 Å². The number of carbonyl (C=O) groups excluding carboxylic acids is 1. The average molecular weight is 161 g/mol. The smallest absolute Gasteiger partial charge is 0.150 e. The maximum atomic E-state index is 10.5. The van der Waals surface area contributed by atoms with Crippen LogP contribution in [0.15, 0.2) is 30.9 Å². The molecular formula is C10H11NO.